The zero-order valence-corrected chi connectivity index (χ0v) is 9.94. The fourth-order valence-corrected chi connectivity index (χ4v) is 1.87. The maximum atomic E-state index is 12.4. The summed E-state index contributed by atoms with van der Waals surface area (Å²) in [5.41, 5.74) is -0.826. The zero-order valence-electron chi connectivity index (χ0n) is 9.18. The molecule has 0 saturated heterocycles. The molecule has 94 valence electrons. The minimum Gasteiger partial charge on any atom is -0.369 e. The van der Waals surface area contributed by atoms with Crippen LogP contribution in [-0.4, -0.2) is 11.5 Å². The number of aromatic nitrogens is 1. The van der Waals surface area contributed by atoms with Gasteiger partial charge in [0, 0.05) is 12.7 Å². The Morgan fingerprint density at radius 2 is 2.18 bits per heavy atom. The molecule has 0 spiro atoms. The molecular weight excluding hydrogens is 253 g/mol. The molecule has 0 radical (unpaired) electrons. The Labute approximate surface area is 102 Å². The summed E-state index contributed by atoms with van der Waals surface area (Å²) in [5.74, 6) is 1.57. The van der Waals surface area contributed by atoms with Gasteiger partial charge in [0.1, 0.15) is 5.82 Å². The Morgan fingerprint density at radius 1 is 1.53 bits per heavy atom. The largest absolute Gasteiger partial charge is 0.417 e. The number of halogens is 4. The number of rotatable bonds is 3. The first-order chi connectivity index (χ1) is 7.88. The monoisotopic (exact) mass is 264 g/mol. The van der Waals surface area contributed by atoms with Crippen LogP contribution in [0, 0.1) is 11.8 Å². The second kappa shape index (κ2) is 4.37. The van der Waals surface area contributed by atoms with Crippen molar-refractivity contribution >= 4 is 17.4 Å². The van der Waals surface area contributed by atoms with Crippen LogP contribution in [0.25, 0.3) is 0 Å². The van der Waals surface area contributed by atoms with Gasteiger partial charge >= 0.3 is 6.18 Å². The average Bonchev–Trinajstić information content (AvgIpc) is 2.91. The van der Waals surface area contributed by atoms with E-state index in [0.29, 0.717) is 24.2 Å². The van der Waals surface area contributed by atoms with Gasteiger partial charge in [0.25, 0.3) is 0 Å². The highest BCUT2D eigenvalue weighted by Crippen LogP contribution is 2.38. The van der Waals surface area contributed by atoms with Crippen molar-refractivity contribution in [2.24, 2.45) is 11.8 Å². The topological polar surface area (TPSA) is 24.9 Å². The summed E-state index contributed by atoms with van der Waals surface area (Å²) in [4.78, 5) is 3.71. The first kappa shape index (κ1) is 12.5. The molecule has 2 atom stereocenters. The SMILES string of the molecule is CC1CC1CNc1ncc(C(F)(F)F)cc1Cl. The molecule has 2 unspecified atom stereocenters. The summed E-state index contributed by atoms with van der Waals surface area (Å²) in [6.07, 6.45) is -2.46. The zero-order chi connectivity index (χ0) is 12.6. The molecule has 0 aromatic carbocycles. The Balaban J connectivity index is 2.04. The van der Waals surface area contributed by atoms with E-state index in [4.69, 9.17) is 11.6 Å². The highest BCUT2D eigenvalue weighted by molar-refractivity contribution is 6.32. The molecule has 1 N–H and O–H groups in total. The maximum Gasteiger partial charge on any atom is 0.417 e. The van der Waals surface area contributed by atoms with E-state index in [0.717, 1.165) is 18.7 Å². The predicted molar refractivity (Wildman–Crippen MR) is 60.0 cm³/mol. The van der Waals surface area contributed by atoms with E-state index < -0.39 is 11.7 Å². The van der Waals surface area contributed by atoms with E-state index in [-0.39, 0.29) is 5.02 Å². The van der Waals surface area contributed by atoms with Crippen LogP contribution >= 0.6 is 11.6 Å². The van der Waals surface area contributed by atoms with Crippen molar-refractivity contribution in [3.8, 4) is 0 Å². The van der Waals surface area contributed by atoms with Gasteiger partial charge < -0.3 is 5.32 Å². The second-order valence-electron chi connectivity index (χ2n) is 4.41. The number of hydrogen-bond acceptors (Lipinski definition) is 2. The lowest BCUT2D eigenvalue weighted by atomic mass is 10.2. The minimum absolute atomic E-state index is 0.00753. The molecule has 1 aliphatic rings. The maximum absolute atomic E-state index is 12.4. The summed E-state index contributed by atoms with van der Waals surface area (Å²) in [5, 5.41) is 2.98. The standard InChI is InChI=1S/C11H12ClF3N2/c1-6-2-7(6)4-16-10-9(12)3-8(5-17-10)11(13,14)15/h3,5-7H,2,4H2,1H3,(H,16,17). The third-order valence-corrected chi connectivity index (χ3v) is 3.26. The van der Waals surface area contributed by atoms with Gasteiger partial charge in [-0.05, 0) is 24.3 Å². The molecule has 2 rings (SSSR count). The summed E-state index contributed by atoms with van der Waals surface area (Å²) in [6, 6.07) is 0.896. The molecule has 2 nitrogen and oxygen atoms in total. The highest BCUT2D eigenvalue weighted by atomic mass is 35.5. The minimum atomic E-state index is -4.40. The Hall–Kier alpha value is -0.970. The molecule has 0 bridgehead atoms. The first-order valence-electron chi connectivity index (χ1n) is 5.34. The molecule has 0 aliphatic heterocycles. The third kappa shape index (κ3) is 3.03. The predicted octanol–water partition coefficient (Wildman–Crippen LogP) is 3.82. The first-order valence-corrected chi connectivity index (χ1v) is 5.72. The number of alkyl halides is 3. The van der Waals surface area contributed by atoms with Crippen LogP contribution in [0.5, 0.6) is 0 Å². The molecule has 1 aliphatic carbocycles. The normalized spacial score (nSPS) is 23.6. The van der Waals surface area contributed by atoms with Gasteiger partial charge in [-0.1, -0.05) is 18.5 Å². The quantitative estimate of drug-likeness (QED) is 0.898. The number of anilines is 1. The Morgan fingerprint density at radius 3 is 2.65 bits per heavy atom. The molecular formula is C11H12ClF3N2. The molecule has 1 aromatic heterocycles. The molecule has 6 heteroatoms. The van der Waals surface area contributed by atoms with Gasteiger partial charge in [-0.25, -0.2) is 4.98 Å². The van der Waals surface area contributed by atoms with E-state index in [1.807, 2.05) is 0 Å². The lowest BCUT2D eigenvalue weighted by molar-refractivity contribution is -0.137. The van der Waals surface area contributed by atoms with Crippen LogP contribution in [0.3, 0.4) is 0 Å². The van der Waals surface area contributed by atoms with Crippen LogP contribution < -0.4 is 5.32 Å². The average molecular weight is 265 g/mol. The van der Waals surface area contributed by atoms with Crippen molar-refractivity contribution < 1.29 is 13.2 Å². The molecule has 1 aromatic rings. The van der Waals surface area contributed by atoms with E-state index in [9.17, 15) is 13.2 Å². The van der Waals surface area contributed by atoms with Crippen molar-refractivity contribution in [2.75, 3.05) is 11.9 Å². The lowest BCUT2D eigenvalue weighted by Crippen LogP contribution is -2.09. The molecule has 1 saturated carbocycles. The van der Waals surface area contributed by atoms with Gasteiger partial charge in [-0.2, -0.15) is 13.2 Å². The van der Waals surface area contributed by atoms with Crippen LogP contribution in [0.15, 0.2) is 12.3 Å². The summed E-state index contributed by atoms with van der Waals surface area (Å²) in [7, 11) is 0. The number of nitrogens with one attached hydrogen (secondary N) is 1. The van der Waals surface area contributed by atoms with Crippen LogP contribution in [0.2, 0.25) is 5.02 Å². The van der Waals surface area contributed by atoms with Gasteiger partial charge in [0.2, 0.25) is 0 Å². The van der Waals surface area contributed by atoms with Crippen molar-refractivity contribution in [3.63, 3.8) is 0 Å². The van der Waals surface area contributed by atoms with Gasteiger partial charge in [-0.3, -0.25) is 0 Å². The molecule has 1 heterocycles. The van der Waals surface area contributed by atoms with Crippen molar-refractivity contribution in [1.82, 2.24) is 4.98 Å². The van der Waals surface area contributed by atoms with Gasteiger partial charge in [0.15, 0.2) is 0 Å². The van der Waals surface area contributed by atoms with E-state index in [1.165, 1.54) is 0 Å². The molecule has 0 amide bonds. The van der Waals surface area contributed by atoms with Crippen molar-refractivity contribution in [1.29, 1.82) is 0 Å². The number of pyridine rings is 1. The van der Waals surface area contributed by atoms with Crippen molar-refractivity contribution in [3.05, 3.63) is 22.8 Å². The number of hydrogen-bond donors (Lipinski definition) is 1. The van der Waals surface area contributed by atoms with Crippen molar-refractivity contribution in [2.45, 2.75) is 19.5 Å². The summed E-state index contributed by atoms with van der Waals surface area (Å²) >= 11 is 5.75. The Kier molecular flexibility index (Phi) is 3.21. The van der Waals surface area contributed by atoms with Gasteiger partial charge in [0.05, 0.1) is 10.6 Å². The smallest absolute Gasteiger partial charge is 0.369 e. The Bertz CT molecular complexity index is 420. The fourth-order valence-electron chi connectivity index (χ4n) is 1.63. The van der Waals surface area contributed by atoms with Gasteiger partial charge in [-0.15, -0.1) is 0 Å². The van der Waals surface area contributed by atoms with Crippen LogP contribution in [0.1, 0.15) is 18.9 Å². The lowest BCUT2D eigenvalue weighted by Gasteiger charge is -2.10. The molecule has 1 fully saturated rings. The fraction of sp³-hybridized carbons (Fsp3) is 0.545. The van der Waals surface area contributed by atoms with E-state index in [1.54, 1.807) is 0 Å². The summed E-state index contributed by atoms with van der Waals surface area (Å²) < 4.78 is 37.1. The number of nitrogens with zero attached hydrogens (tertiary/aromatic N) is 1. The third-order valence-electron chi connectivity index (χ3n) is 2.98. The second-order valence-corrected chi connectivity index (χ2v) is 4.81. The van der Waals surface area contributed by atoms with E-state index in [2.05, 4.69) is 17.2 Å². The highest BCUT2D eigenvalue weighted by Gasteiger charge is 2.33. The van der Waals surface area contributed by atoms with Crippen LogP contribution in [-0.2, 0) is 6.18 Å². The summed E-state index contributed by atoms with van der Waals surface area (Å²) in [6.45, 7) is 2.84. The molecule has 17 heavy (non-hydrogen) atoms. The van der Waals surface area contributed by atoms with E-state index >= 15 is 0 Å². The van der Waals surface area contributed by atoms with Crippen LogP contribution in [0.4, 0.5) is 19.0 Å².